The molecule has 1 saturated carbocycles. The van der Waals surface area contributed by atoms with Crippen LogP contribution in [0.3, 0.4) is 0 Å². The molecule has 1 fully saturated rings. The number of aromatic nitrogens is 3. The Morgan fingerprint density at radius 3 is 2.48 bits per heavy atom. The monoisotopic (exact) mass is 367 g/mol. The molecular weight excluding hydrogens is 342 g/mol. The van der Waals surface area contributed by atoms with Gasteiger partial charge in [-0.15, -0.1) is 0 Å². The standard InChI is InChI=1S/C21H25N3O3/c1-4-8-25-19-17-20(24-21(23-19)26-12-15-6-5-7-15)27-18(22-17)16-10-13(2)9-14(3)11-16/h9-11,15H,4-8,12H2,1-3H3. The molecular formula is C21H25N3O3. The van der Waals surface area contributed by atoms with Crippen LogP contribution in [0, 0.1) is 19.8 Å². The topological polar surface area (TPSA) is 70.3 Å². The molecule has 1 aromatic carbocycles. The smallest absolute Gasteiger partial charge is 0.323 e. The van der Waals surface area contributed by atoms with Crippen molar-refractivity contribution in [3.05, 3.63) is 29.3 Å². The predicted octanol–water partition coefficient (Wildman–Crippen LogP) is 4.87. The first kappa shape index (κ1) is 17.8. The Kier molecular flexibility index (Phi) is 4.97. The van der Waals surface area contributed by atoms with E-state index in [2.05, 4.69) is 41.8 Å². The van der Waals surface area contributed by atoms with Crippen molar-refractivity contribution in [2.45, 2.75) is 46.5 Å². The van der Waals surface area contributed by atoms with Gasteiger partial charge in [-0.05, 0) is 51.2 Å². The highest BCUT2D eigenvalue weighted by Crippen LogP contribution is 2.31. The lowest BCUT2D eigenvalue weighted by Crippen LogP contribution is -2.20. The number of ether oxygens (including phenoxy) is 2. The number of aryl methyl sites for hydroxylation is 2. The van der Waals surface area contributed by atoms with Crippen LogP contribution in [0.25, 0.3) is 22.7 Å². The van der Waals surface area contributed by atoms with Gasteiger partial charge in [0.15, 0.2) is 5.52 Å². The van der Waals surface area contributed by atoms with Crippen LogP contribution in [0.15, 0.2) is 22.6 Å². The van der Waals surface area contributed by atoms with Gasteiger partial charge in [-0.3, -0.25) is 0 Å². The van der Waals surface area contributed by atoms with Crippen molar-refractivity contribution >= 4 is 11.2 Å². The Balaban J connectivity index is 1.70. The summed E-state index contributed by atoms with van der Waals surface area (Å²) in [6, 6.07) is 6.51. The molecule has 0 bridgehead atoms. The third-order valence-electron chi connectivity index (χ3n) is 4.79. The quantitative estimate of drug-likeness (QED) is 0.593. The molecule has 0 amide bonds. The summed E-state index contributed by atoms with van der Waals surface area (Å²) < 4.78 is 17.6. The van der Waals surface area contributed by atoms with Gasteiger partial charge in [-0.25, -0.2) is 4.98 Å². The maximum Gasteiger partial charge on any atom is 0.323 e. The van der Waals surface area contributed by atoms with Crippen LogP contribution in [0.5, 0.6) is 11.9 Å². The second-order valence-electron chi connectivity index (χ2n) is 7.32. The molecule has 4 rings (SSSR count). The van der Waals surface area contributed by atoms with Crippen LogP contribution in [-0.4, -0.2) is 28.2 Å². The molecule has 0 saturated heterocycles. The van der Waals surface area contributed by atoms with Crippen LogP contribution >= 0.6 is 0 Å². The fourth-order valence-corrected chi connectivity index (χ4v) is 3.22. The summed E-state index contributed by atoms with van der Waals surface area (Å²) in [5.41, 5.74) is 4.17. The minimum absolute atomic E-state index is 0.295. The van der Waals surface area contributed by atoms with Crippen LogP contribution in [-0.2, 0) is 0 Å². The van der Waals surface area contributed by atoms with Gasteiger partial charge < -0.3 is 13.9 Å². The lowest BCUT2D eigenvalue weighted by Gasteiger charge is -2.24. The molecule has 1 aliphatic carbocycles. The first-order chi connectivity index (χ1) is 13.1. The van der Waals surface area contributed by atoms with Gasteiger partial charge in [0.1, 0.15) is 0 Å². The molecule has 0 N–H and O–H groups in total. The van der Waals surface area contributed by atoms with Crippen molar-refractivity contribution < 1.29 is 13.9 Å². The summed E-state index contributed by atoms with van der Waals surface area (Å²) in [4.78, 5) is 13.5. The third kappa shape index (κ3) is 3.89. The fraction of sp³-hybridized carbons (Fsp3) is 0.476. The van der Waals surface area contributed by atoms with Crippen LogP contribution in [0.1, 0.15) is 43.7 Å². The van der Waals surface area contributed by atoms with Crippen LogP contribution in [0.4, 0.5) is 0 Å². The summed E-state index contributed by atoms with van der Waals surface area (Å²) in [6.45, 7) is 7.36. The second kappa shape index (κ2) is 7.55. The van der Waals surface area contributed by atoms with E-state index in [9.17, 15) is 0 Å². The molecule has 6 nitrogen and oxygen atoms in total. The average molecular weight is 367 g/mol. The molecule has 3 aromatic rings. The number of nitrogens with zero attached hydrogens (tertiary/aromatic N) is 3. The fourth-order valence-electron chi connectivity index (χ4n) is 3.22. The lowest BCUT2D eigenvalue weighted by molar-refractivity contribution is 0.168. The van der Waals surface area contributed by atoms with Crippen LogP contribution in [0.2, 0.25) is 0 Å². The van der Waals surface area contributed by atoms with E-state index in [1.807, 2.05) is 12.1 Å². The average Bonchev–Trinajstić information content (AvgIpc) is 3.02. The SMILES string of the molecule is CCCOc1nc(OCC2CCC2)nc2oc(-c3cc(C)cc(C)c3)nc12. The van der Waals surface area contributed by atoms with E-state index in [1.165, 1.54) is 19.3 Å². The third-order valence-corrected chi connectivity index (χ3v) is 4.79. The van der Waals surface area contributed by atoms with Crippen molar-refractivity contribution in [3.8, 4) is 23.3 Å². The summed E-state index contributed by atoms with van der Waals surface area (Å²) >= 11 is 0. The van der Waals surface area contributed by atoms with Gasteiger partial charge in [-0.2, -0.15) is 9.97 Å². The first-order valence-corrected chi connectivity index (χ1v) is 9.65. The van der Waals surface area contributed by atoms with Gasteiger partial charge in [0.25, 0.3) is 11.6 Å². The maximum atomic E-state index is 5.95. The molecule has 0 atom stereocenters. The normalized spacial score (nSPS) is 14.3. The highest BCUT2D eigenvalue weighted by molar-refractivity contribution is 5.78. The van der Waals surface area contributed by atoms with Crippen molar-refractivity contribution in [2.75, 3.05) is 13.2 Å². The first-order valence-electron chi connectivity index (χ1n) is 9.65. The van der Waals surface area contributed by atoms with E-state index < -0.39 is 0 Å². The molecule has 0 spiro atoms. The minimum atomic E-state index is 0.295. The summed E-state index contributed by atoms with van der Waals surface area (Å²) in [7, 11) is 0. The molecule has 142 valence electrons. The number of fused-ring (bicyclic) bond motifs is 1. The van der Waals surface area contributed by atoms with E-state index >= 15 is 0 Å². The molecule has 0 unspecified atom stereocenters. The van der Waals surface area contributed by atoms with E-state index in [1.54, 1.807) is 0 Å². The van der Waals surface area contributed by atoms with E-state index in [4.69, 9.17) is 13.9 Å². The van der Waals surface area contributed by atoms with Gasteiger partial charge in [0.2, 0.25) is 5.89 Å². The van der Waals surface area contributed by atoms with Crippen molar-refractivity contribution in [3.63, 3.8) is 0 Å². The lowest BCUT2D eigenvalue weighted by atomic mass is 9.86. The maximum absolute atomic E-state index is 5.95. The Bertz CT molecular complexity index is 927. The molecule has 6 heteroatoms. The van der Waals surface area contributed by atoms with Crippen molar-refractivity contribution in [1.82, 2.24) is 15.0 Å². The summed E-state index contributed by atoms with van der Waals surface area (Å²) in [6.07, 6.45) is 4.58. The Morgan fingerprint density at radius 1 is 1.04 bits per heavy atom. The number of oxazole rings is 1. The van der Waals surface area contributed by atoms with Gasteiger partial charge >= 0.3 is 6.01 Å². The molecule has 0 radical (unpaired) electrons. The minimum Gasteiger partial charge on any atom is -0.476 e. The Morgan fingerprint density at radius 2 is 1.81 bits per heavy atom. The van der Waals surface area contributed by atoms with E-state index in [-0.39, 0.29) is 0 Å². The zero-order chi connectivity index (χ0) is 18.8. The largest absolute Gasteiger partial charge is 0.476 e. The Labute approximate surface area is 158 Å². The molecule has 2 heterocycles. The van der Waals surface area contributed by atoms with Crippen molar-refractivity contribution in [2.24, 2.45) is 5.92 Å². The van der Waals surface area contributed by atoms with Gasteiger partial charge in [-0.1, -0.05) is 30.5 Å². The number of hydrogen-bond donors (Lipinski definition) is 0. The molecule has 2 aromatic heterocycles. The van der Waals surface area contributed by atoms with E-state index in [0.29, 0.717) is 48.1 Å². The molecule has 27 heavy (non-hydrogen) atoms. The predicted molar refractivity (Wildman–Crippen MR) is 103 cm³/mol. The second-order valence-corrected chi connectivity index (χ2v) is 7.32. The van der Waals surface area contributed by atoms with Crippen LogP contribution < -0.4 is 9.47 Å². The van der Waals surface area contributed by atoms with Gasteiger partial charge in [0, 0.05) is 5.56 Å². The summed E-state index contributed by atoms with van der Waals surface area (Å²) in [5.74, 6) is 1.54. The zero-order valence-electron chi connectivity index (χ0n) is 16.1. The summed E-state index contributed by atoms with van der Waals surface area (Å²) in [5, 5.41) is 0. The zero-order valence-corrected chi connectivity index (χ0v) is 16.1. The van der Waals surface area contributed by atoms with Gasteiger partial charge in [0.05, 0.1) is 13.2 Å². The van der Waals surface area contributed by atoms with Crippen molar-refractivity contribution in [1.29, 1.82) is 0 Å². The number of rotatable bonds is 7. The number of hydrogen-bond acceptors (Lipinski definition) is 6. The molecule has 0 aliphatic heterocycles. The Hall–Kier alpha value is -2.63. The van der Waals surface area contributed by atoms with E-state index in [0.717, 1.165) is 23.1 Å². The number of benzene rings is 1. The highest BCUT2D eigenvalue weighted by atomic mass is 16.5. The highest BCUT2D eigenvalue weighted by Gasteiger charge is 2.21. The molecule has 1 aliphatic rings.